The first-order chi connectivity index (χ1) is 5.15. The van der Waals surface area contributed by atoms with Crippen molar-refractivity contribution in [2.75, 3.05) is 0 Å². The van der Waals surface area contributed by atoms with Crippen LogP contribution in [0.25, 0.3) is 0 Å². The van der Waals surface area contributed by atoms with Crippen LogP contribution in [0, 0.1) is 5.92 Å². The summed E-state index contributed by atoms with van der Waals surface area (Å²) >= 11 is 0. The summed E-state index contributed by atoms with van der Waals surface area (Å²) < 4.78 is 0. The zero-order valence-corrected chi connectivity index (χ0v) is 9.29. The first-order valence-corrected chi connectivity index (χ1v) is 3.53. The third kappa shape index (κ3) is 2.44. The smallest absolute Gasteiger partial charge is 0.877 e. The molecule has 1 aliphatic rings. The van der Waals surface area contributed by atoms with Crippen LogP contribution in [0.3, 0.4) is 0 Å². The van der Waals surface area contributed by atoms with Gasteiger partial charge in [0.15, 0.2) is 11.6 Å². The van der Waals surface area contributed by atoms with Crippen molar-refractivity contribution in [3.8, 4) is 0 Å². The summed E-state index contributed by atoms with van der Waals surface area (Å²) in [5.41, 5.74) is -0.150. The Bertz CT molecular complexity index is 212. The van der Waals surface area contributed by atoms with Gasteiger partial charge < -0.3 is 5.11 Å². The van der Waals surface area contributed by atoms with Crippen molar-refractivity contribution in [1.29, 1.82) is 0 Å². The Kier molecular flexibility index (Phi) is 4.75. The number of hydrogen-bond donors (Lipinski definition) is 0. The van der Waals surface area contributed by atoms with Crippen LogP contribution in [0.5, 0.6) is 0 Å². The molecule has 0 saturated heterocycles. The number of carbonyl (C=O) groups excluding carboxylic acids is 2. The zero-order valence-electron chi connectivity index (χ0n) is 7.29. The topological polar surface area (TPSA) is 57.2 Å². The van der Waals surface area contributed by atoms with E-state index in [1.54, 1.807) is 0 Å². The minimum Gasteiger partial charge on any atom is -0.877 e. The van der Waals surface area contributed by atoms with Crippen LogP contribution in [0.2, 0.25) is 0 Å². The molecule has 3 nitrogen and oxygen atoms in total. The number of rotatable bonds is 0. The maximum atomic E-state index is 11.0. The number of ketones is 2. The fourth-order valence-electron chi connectivity index (χ4n) is 1.21. The standard InChI is InChI=1S/C8H10O3.Na/c1-5-2-7(10)6(4-9)8(11)3-5;/h4-5,9H,2-3H2,1H3;/q;+1/p-1. The number of hydrogen-bond acceptors (Lipinski definition) is 3. The molecule has 1 fully saturated rings. The minimum absolute atomic E-state index is 0. The molecule has 0 aromatic heterocycles. The Morgan fingerprint density at radius 1 is 1.33 bits per heavy atom. The van der Waals surface area contributed by atoms with Gasteiger partial charge in [-0.3, -0.25) is 9.59 Å². The van der Waals surface area contributed by atoms with Gasteiger partial charge in [0, 0.05) is 18.4 Å². The van der Waals surface area contributed by atoms with E-state index in [1.807, 2.05) is 6.92 Å². The number of Topliss-reactive ketones (excluding diaryl/α,β-unsaturated/α-hetero) is 2. The molecular formula is C8H9NaO3. The van der Waals surface area contributed by atoms with Gasteiger partial charge in [-0.25, -0.2) is 0 Å². The second-order valence-corrected chi connectivity index (χ2v) is 2.89. The molecule has 12 heavy (non-hydrogen) atoms. The Hall–Kier alpha value is -0.120. The van der Waals surface area contributed by atoms with Crippen LogP contribution in [0.4, 0.5) is 0 Å². The van der Waals surface area contributed by atoms with Gasteiger partial charge in [-0.1, -0.05) is 6.92 Å². The van der Waals surface area contributed by atoms with Gasteiger partial charge in [-0.15, -0.1) is 6.26 Å². The molecule has 0 heterocycles. The summed E-state index contributed by atoms with van der Waals surface area (Å²) in [5.74, 6) is -0.508. The van der Waals surface area contributed by atoms with E-state index in [9.17, 15) is 14.7 Å². The van der Waals surface area contributed by atoms with Crippen molar-refractivity contribution in [2.24, 2.45) is 5.92 Å². The average molecular weight is 176 g/mol. The maximum absolute atomic E-state index is 11.0. The van der Waals surface area contributed by atoms with E-state index in [0.717, 1.165) is 0 Å². The SMILES string of the molecule is CC1CC(=O)C(=C[O-])C(=O)C1.[Na+]. The van der Waals surface area contributed by atoms with Gasteiger partial charge in [0.05, 0.1) is 0 Å². The van der Waals surface area contributed by atoms with Crippen LogP contribution >= 0.6 is 0 Å². The largest absolute Gasteiger partial charge is 1.00 e. The molecule has 0 aromatic carbocycles. The Balaban J connectivity index is 0.00000121. The van der Waals surface area contributed by atoms with Gasteiger partial charge in [0.25, 0.3) is 0 Å². The van der Waals surface area contributed by atoms with Gasteiger partial charge in [-0.2, -0.15) is 0 Å². The van der Waals surface area contributed by atoms with Crippen molar-refractivity contribution in [3.05, 3.63) is 11.8 Å². The summed E-state index contributed by atoms with van der Waals surface area (Å²) in [4.78, 5) is 21.9. The summed E-state index contributed by atoms with van der Waals surface area (Å²) in [6.07, 6.45) is 1.04. The summed E-state index contributed by atoms with van der Waals surface area (Å²) in [6, 6.07) is 0. The summed E-state index contributed by atoms with van der Waals surface area (Å²) in [7, 11) is 0. The molecule has 4 heteroatoms. The van der Waals surface area contributed by atoms with Gasteiger partial charge >= 0.3 is 29.6 Å². The molecule has 0 atom stereocenters. The van der Waals surface area contributed by atoms with E-state index < -0.39 is 0 Å². The van der Waals surface area contributed by atoms with Gasteiger partial charge in [0.1, 0.15) is 0 Å². The number of allylic oxidation sites excluding steroid dienone is 1. The summed E-state index contributed by atoms with van der Waals surface area (Å²) in [5, 5.41) is 10.2. The molecule has 0 spiro atoms. The second kappa shape index (κ2) is 4.80. The van der Waals surface area contributed by atoms with E-state index in [1.165, 1.54) is 0 Å². The third-order valence-corrected chi connectivity index (χ3v) is 1.79. The zero-order chi connectivity index (χ0) is 8.43. The Labute approximate surface area is 93.1 Å². The van der Waals surface area contributed by atoms with Crippen molar-refractivity contribution in [2.45, 2.75) is 19.8 Å². The normalized spacial score (nSPS) is 23.4. The first kappa shape index (κ1) is 11.9. The maximum Gasteiger partial charge on any atom is 1.00 e. The van der Waals surface area contributed by atoms with Crippen molar-refractivity contribution in [1.82, 2.24) is 0 Å². The van der Waals surface area contributed by atoms with Crippen LogP contribution in [0.1, 0.15) is 19.8 Å². The first-order valence-electron chi connectivity index (χ1n) is 3.53. The molecule has 0 aliphatic heterocycles. The second-order valence-electron chi connectivity index (χ2n) is 2.89. The van der Waals surface area contributed by atoms with E-state index in [0.29, 0.717) is 19.1 Å². The molecule has 1 rings (SSSR count). The van der Waals surface area contributed by atoms with Crippen LogP contribution in [-0.2, 0) is 9.59 Å². The minimum atomic E-state index is -0.302. The molecule has 0 bridgehead atoms. The molecule has 1 saturated carbocycles. The van der Waals surface area contributed by atoms with Gasteiger partial charge in [0.2, 0.25) is 0 Å². The Morgan fingerprint density at radius 2 is 1.75 bits per heavy atom. The van der Waals surface area contributed by atoms with Crippen molar-refractivity contribution >= 4 is 11.6 Å². The quantitative estimate of drug-likeness (QED) is 0.169. The van der Waals surface area contributed by atoms with Crippen LogP contribution < -0.4 is 34.7 Å². The molecule has 60 valence electrons. The van der Waals surface area contributed by atoms with E-state index >= 15 is 0 Å². The van der Waals surface area contributed by atoms with E-state index in [4.69, 9.17) is 0 Å². The van der Waals surface area contributed by atoms with E-state index in [2.05, 4.69) is 0 Å². The van der Waals surface area contributed by atoms with Crippen LogP contribution in [0.15, 0.2) is 11.8 Å². The molecule has 0 unspecified atom stereocenters. The Morgan fingerprint density at radius 3 is 2.08 bits per heavy atom. The third-order valence-electron chi connectivity index (χ3n) is 1.79. The van der Waals surface area contributed by atoms with Crippen molar-refractivity contribution < 1.29 is 44.3 Å². The fourth-order valence-corrected chi connectivity index (χ4v) is 1.21. The average Bonchev–Trinajstić information content (AvgIpc) is 1.85. The molecule has 1 aliphatic carbocycles. The molecule has 0 radical (unpaired) electrons. The molecular weight excluding hydrogens is 167 g/mol. The number of carbonyl (C=O) groups is 2. The van der Waals surface area contributed by atoms with Crippen LogP contribution in [-0.4, -0.2) is 11.6 Å². The summed E-state index contributed by atoms with van der Waals surface area (Å²) in [6.45, 7) is 1.83. The molecule has 0 amide bonds. The predicted octanol–water partition coefficient (Wildman–Crippen LogP) is -3.20. The fraction of sp³-hybridized carbons (Fsp3) is 0.500. The van der Waals surface area contributed by atoms with Crippen molar-refractivity contribution in [3.63, 3.8) is 0 Å². The monoisotopic (exact) mass is 176 g/mol. The molecule has 0 N–H and O–H groups in total. The van der Waals surface area contributed by atoms with Gasteiger partial charge in [-0.05, 0) is 5.92 Å². The predicted molar refractivity (Wildman–Crippen MR) is 36.5 cm³/mol. The van der Waals surface area contributed by atoms with E-state index in [-0.39, 0.29) is 52.6 Å². The molecule has 0 aromatic rings.